The Labute approximate surface area is 93.7 Å². The van der Waals surface area contributed by atoms with E-state index in [-0.39, 0.29) is 0 Å². The van der Waals surface area contributed by atoms with Crippen LogP contribution in [-0.2, 0) is 9.47 Å². The standard InChI is InChI=1S/C11H16F2O3/c1-5-9(7(3)12)15-11(14)16-10(6-2)8(4)13/h5-10H,1-2H2,3-4H3. The normalized spacial score (nSPS) is 17.8. The van der Waals surface area contributed by atoms with Gasteiger partial charge in [-0.25, -0.2) is 13.6 Å². The molecule has 0 rings (SSSR count). The van der Waals surface area contributed by atoms with E-state index in [1.165, 1.54) is 13.8 Å². The zero-order chi connectivity index (χ0) is 12.7. The molecule has 4 atom stereocenters. The lowest BCUT2D eigenvalue weighted by atomic mass is 10.2. The summed E-state index contributed by atoms with van der Waals surface area (Å²) < 4.78 is 34.8. The van der Waals surface area contributed by atoms with Crippen molar-refractivity contribution >= 4 is 6.16 Å². The highest BCUT2D eigenvalue weighted by molar-refractivity contribution is 5.61. The van der Waals surface area contributed by atoms with Crippen LogP contribution in [0.4, 0.5) is 13.6 Å². The fourth-order valence-corrected chi connectivity index (χ4v) is 0.909. The first-order valence-corrected chi connectivity index (χ1v) is 4.82. The van der Waals surface area contributed by atoms with Crippen LogP contribution in [0.5, 0.6) is 0 Å². The summed E-state index contributed by atoms with van der Waals surface area (Å²) in [6.07, 6.45) is -3.91. The molecule has 0 saturated heterocycles. The maximum absolute atomic E-state index is 12.8. The molecule has 0 bridgehead atoms. The van der Waals surface area contributed by atoms with Crippen molar-refractivity contribution in [1.82, 2.24) is 0 Å². The van der Waals surface area contributed by atoms with Crippen molar-refractivity contribution in [2.45, 2.75) is 38.4 Å². The summed E-state index contributed by atoms with van der Waals surface area (Å²) in [5, 5.41) is 0. The molecule has 0 aromatic rings. The molecule has 0 aliphatic rings. The van der Waals surface area contributed by atoms with Crippen LogP contribution in [0.15, 0.2) is 25.3 Å². The first-order chi connectivity index (χ1) is 7.42. The molecule has 92 valence electrons. The van der Waals surface area contributed by atoms with Crippen LogP contribution in [0.1, 0.15) is 13.8 Å². The third kappa shape index (κ3) is 4.91. The fraction of sp³-hybridized carbons (Fsp3) is 0.545. The van der Waals surface area contributed by atoms with Gasteiger partial charge in [-0.2, -0.15) is 0 Å². The summed E-state index contributed by atoms with van der Waals surface area (Å²) in [6.45, 7) is 9.03. The van der Waals surface area contributed by atoms with Crippen molar-refractivity contribution in [2.75, 3.05) is 0 Å². The summed E-state index contributed by atoms with van der Waals surface area (Å²) in [4.78, 5) is 11.1. The molecule has 0 spiro atoms. The van der Waals surface area contributed by atoms with E-state index < -0.39 is 30.7 Å². The molecule has 0 aromatic carbocycles. The van der Waals surface area contributed by atoms with E-state index in [0.717, 1.165) is 12.2 Å². The molecule has 0 saturated carbocycles. The number of carbonyl (C=O) groups excluding carboxylic acids is 1. The smallest absolute Gasteiger partial charge is 0.424 e. The van der Waals surface area contributed by atoms with Gasteiger partial charge in [-0.1, -0.05) is 13.2 Å². The Morgan fingerprint density at radius 3 is 1.56 bits per heavy atom. The van der Waals surface area contributed by atoms with Crippen LogP contribution in [0.2, 0.25) is 0 Å². The molecule has 16 heavy (non-hydrogen) atoms. The average molecular weight is 234 g/mol. The van der Waals surface area contributed by atoms with Crippen molar-refractivity contribution in [2.24, 2.45) is 0 Å². The number of hydrogen-bond acceptors (Lipinski definition) is 3. The first-order valence-electron chi connectivity index (χ1n) is 4.82. The van der Waals surface area contributed by atoms with Gasteiger partial charge in [0.2, 0.25) is 0 Å². The second kappa shape index (κ2) is 6.98. The Morgan fingerprint density at radius 2 is 1.38 bits per heavy atom. The third-order valence-electron chi connectivity index (χ3n) is 1.83. The molecule has 0 fully saturated rings. The van der Waals surface area contributed by atoms with Crippen LogP contribution in [0.25, 0.3) is 0 Å². The van der Waals surface area contributed by atoms with Crippen molar-refractivity contribution in [3.63, 3.8) is 0 Å². The predicted octanol–water partition coefficient (Wildman–Crippen LogP) is 2.96. The van der Waals surface area contributed by atoms with E-state index in [0.29, 0.717) is 0 Å². The lowest BCUT2D eigenvalue weighted by Gasteiger charge is -2.18. The quantitative estimate of drug-likeness (QED) is 0.523. The molecule has 3 nitrogen and oxygen atoms in total. The van der Waals surface area contributed by atoms with Crippen molar-refractivity contribution < 1.29 is 23.0 Å². The molecular formula is C11H16F2O3. The maximum Gasteiger partial charge on any atom is 0.509 e. The van der Waals surface area contributed by atoms with E-state index in [1.807, 2.05) is 0 Å². The lowest BCUT2D eigenvalue weighted by molar-refractivity contribution is -0.0117. The first kappa shape index (κ1) is 14.6. The number of alkyl halides is 2. The summed E-state index contributed by atoms with van der Waals surface area (Å²) in [7, 11) is 0. The second-order valence-corrected chi connectivity index (χ2v) is 3.24. The lowest BCUT2D eigenvalue weighted by Crippen LogP contribution is -2.29. The largest absolute Gasteiger partial charge is 0.509 e. The monoisotopic (exact) mass is 234 g/mol. The molecule has 0 aliphatic carbocycles. The van der Waals surface area contributed by atoms with Crippen LogP contribution in [0.3, 0.4) is 0 Å². The topological polar surface area (TPSA) is 35.5 Å². The number of ether oxygens (including phenoxy) is 2. The van der Waals surface area contributed by atoms with Crippen LogP contribution in [0, 0.1) is 0 Å². The SMILES string of the molecule is C=CC(OC(=O)OC(C=C)C(C)F)C(C)F. The van der Waals surface area contributed by atoms with Gasteiger partial charge in [-0.3, -0.25) is 0 Å². The van der Waals surface area contributed by atoms with Gasteiger partial charge in [0.25, 0.3) is 0 Å². The van der Waals surface area contributed by atoms with E-state index in [1.54, 1.807) is 0 Å². The Bertz CT molecular complexity index is 228. The average Bonchev–Trinajstić information content (AvgIpc) is 2.21. The van der Waals surface area contributed by atoms with Gasteiger partial charge in [0.15, 0.2) is 12.2 Å². The Kier molecular flexibility index (Phi) is 6.37. The van der Waals surface area contributed by atoms with Gasteiger partial charge in [-0.05, 0) is 26.0 Å². The van der Waals surface area contributed by atoms with Crippen molar-refractivity contribution in [3.05, 3.63) is 25.3 Å². The molecule has 4 unspecified atom stereocenters. The zero-order valence-corrected chi connectivity index (χ0v) is 9.36. The van der Waals surface area contributed by atoms with E-state index in [4.69, 9.17) is 0 Å². The van der Waals surface area contributed by atoms with Crippen LogP contribution < -0.4 is 0 Å². The molecule has 0 N–H and O–H groups in total. The van der Waals surface area contributed by atoms with Crippen LogP contribution >= 0.6 is 0 Å². The fourth-order valence-electron chi connectivity index (χ4n) is 0.909. The maximum atomic E-state index is 12.8. The summed E-state index contributed by atoms with van der Waals surface area (Å²) in [6, 6.07) is 0. The Balaban J connectivity index is 4.25. The van der Waals surface area contributed by atoms with Crippen molar-refractivity contribution in [1.29, 1.82) is 0 Å². The minimum absolute atomic E-state index is 1.10. The molecular weight excluding hydrogens is 218 g/mol. The molecule has 0 heterocycles. The molecule has 0 aromatic heterocycles. The van der Waals surface area contributed by atoms with Gasteiger partial charge in [0.05, 0.1) is 0 Å². The number of halogens is 2. The van der Waals surface area contributed by atoms with Gasteiger partial charge < -0.3 is 9.47 Å². The number of carbonyl (C=O) groups is 1. The molecule has 5 heteroatoms. The predicted molar refractivity (Wildman–Crippen MR) is 56.7 cm³/mol. The molecule has 0 amide bonds. The summed E-state index contributed by atoms with van der Waals surface area (Å²) in [5.41, 5.74) is 0. The van der Waals surface area contributed by atoms with Gasteiger partial charge >= 0.3 is 6.16 Å². The van der Waals surface area contributed by atoms with E-state index in [9.17, 15) is 13.6 Å². The van der Waals surface area contributed by atoms with Gasteiger partial charge in [0, 0.05) is 0 Å². The number of hydrogen-bond donors (Lipinski definition) is 0. The molecule has 0 aliphatic heterocycles. The highest BCUT2D eigenvalue weighted by Crippen LogP contribution is 2.10. The van der Waals surface area contributed by atoms with Crippen molar-refractivity contribution in [3.8, 4) is 0 Å². The van der Waals surface area contributed by atoms with Gasteiger partial charge in [-0.15, -0.1) is 0 Å². The Morgan fingerprint density at radius 1 is 1.06 bits per heavy atom. The second-order valence-electron chi connectivity index (χ2n) is 3.24. The minimum Gasteiger partial charge on any atom is -0.424 e. The van der Waals surface area contributed by atoms with E-state index in [2.05, 4.69) is 22.6 Å². The van der Waals surface area contributed by atoms with E-state index >= 15 is 0 Å². The Hall–Kier alpha value is -1.39. The van der Waals surface area contributed by atoms with Gasteiger partial charge in [0.1, 0.15) is 12.3 Å². The number of rotatable bonds is 6. The molecule has 0 radical (unpaired) electrons. The summed E-state index contributed by atoms with van der Waals surface area (Å²) in [5.74, 6) is 0. The zero-order valence-electron chi connectivity index (χ0n) is 9.36. The highest BCUT2D eigenvalue weighted by Gasteiger charge is 2.23. The minimum atomic E-state index is -1.41. The van der Waals surface area contributed by atoms with Crippen LogP contribution in [-0.4, -0.2) is 30.7 Å². The third-order valence-corrected chi connectivity index (χ3v) is 1.83. The highest BCUT2D eigenvalue weighted by atomic mass is 19.1. The summed E-state index contributed by atoms with van der Waals surface area (Å²) >= 11 is 0.